The van der Waals surface area contributed by atoms with E-state index in [2.05, 4.69) is 5.32 Å². The number of nitrogens with one attached hydrogen (secondary N) is 1. The number of rotatable bonds is 3. The fourth-order valence-corrected chi connectivity index (χ4v) is 2.38. The first-order valence-electron chi connectivity index (χ1n) is 6.16. The van der Waals surface area contributed by atoms with E-state index in [4.69, 9.17) is 4.74 Å². The molecule has 90 valence electrons. The standard InChI is InChI=1S/C12H19NO3/c14-10-5-3-9(4-6-10)13-12(15)8-11-2-1-7-16-11/h9,11H,1-8H2,(H,13,15). The lowest BCUT2D eigenvalue weighted by atomic mass is 9.94. The van der Waals surface area contributed by atoms with Crippen LogP contribution in [0.5, 0.6) is 0 Å². The summed E-state index contributed by atoms with van der Waals surface area (Å²) in [6, 6.07) is 0.201. The molecule has 1 amide bonds. The van der Waals surface area contributed by atoms with Crippen LogP contribution in [0.3, 0.4) is 0 Å². The molecule has 1 saturated heterocycles. The van der Waals surface area contributed by atoms with Crippen LogP contribution in [0.25, 0.3) is 0 Å². The first-order chi connectivity index (χ1) is 7.74. The number of carbonyl (C=O) groups excluding carboxylic acids is 2. The average molecular weight is 225 g/mol. The molecule has 1 heterocycles. The third-order valence-electron chi connectivity index (χ3n) is 3.35. The van der Waals surface area contributed by atoms with Crippen LogP contribution in [-0.2, 0) is 14.3 Å². The van der Waals surface area contributed by atoms with Gasteiger partial charge in [0.25, 0.3) is 0 Å². The maximum atomic E-state index is 11.7. The highest BCUT2D eigenvalue weighted by Gasteiger charge is 2.23. The molecule has 4 heteroatoms. The second-order valence-corrected chi connectivity index (χ2v) is 4.72. The Morgan fingerprint density at radius 2 is 2.06 bits per heavy atom. The normalized spacial score (nSPS) is 27.0. The molecular formula is C12H19NO3. The van der Waals surface area contributed by atoms with Crippen molar-refractivity contribution in [3.8, 4) is 0 Å². The minimum absolute atomic E-state index is 0.0752. The predicted molar refractivity (Wildman–Crippen MR) is 59.0 cm³/mol. The Morgan fingerprint density at radius 3 is 2.69 bits per heavy atom. The van der Waals surface area contributed by atoms with Gasteiger partial charge in [0.2, 0.25) is 5.91 Å². The predicted octanol–water partition coefficient (Wildman–Crippen LogP) is 1.18. The second kappa shape index (κ2) is 5.43. The zero-order valence-electron chi connectivity index (χ0n) is 9.54. The van der Waals surface area contributed by atoms with Crippen LogP contribution in [0.1, 0.15) is 44.9 Å². The number of hydrogen-bond acceptors (Lipinski definition) is 3. The number of Topliss-reactive ketones (excluding diaryl/α,β-unsaturated/α-hetero) is 1. The van der Waals surface area contributed by atoms with E-state index in [0.717, 1.165) is 32.3 Å². The van der Waals surface area contributed by atoms with Gasteiger partial charge < -0.3 is 10.1 Å². The summed E-state index contributed by atoms with van der Waals surface area (Å²) in [6.07, 6.45) is 5.49. The molecule has 2 aliphatic rings. The van der Waals surface area contributed by atoms with Crippen LogP contribution < -0.4 is 5.32 Å². The van der Waals surface area contributed by atoms with E-state index < -0.39 is 0 Å². The SMILES string of the molecule is O=C1CCC(NC(=O)CC2CCCO2)CC1. The van der Waals surface area contributed by atoms with E-state index in [1.165, 1.54) is 0 Å². The Morgan fingerprint density at radius 1 is 1.31 bits per heavy atom. The Labute approximate surface area is 95.7 Å². The molecule has 2 rings (SSSR count). The Hall–Kier alpha value is -0.900. The van der Waals surface area contributed by atoms with E-state index in [0.29, 0.717) is 25.0 Å². The summed E-state index contributed by atoms with van der Waals surface area (Å²) in [5.74, 6) is 0.399. The number of carbonyl (C=O) groups is 2. The monoisotopic (exact) mass is 225 g/mol. The summed E-state index contributed by atoms with van der Waals surface area (Å²) >= 11 is 0. The van der Waals surface area contributed by atoms with Gasteiger partial charge in [0.1, 0.15) is 5.78 Å². The highest BCUT2D eigenvalue weighted by Crippen LogP contribution is 2.17. The highest BCUT2D eigenvalue weighted by atomic mass is 16.5. The van der Waals surface area contributed by atoms with Crippen molar-refractivity contribution in [2.75, 3.05) is 6.61 Å². The maximum absolute atomic E-state index is 11.7. The maximum Gasteiger partial charge on any atom is 0.222 e. The Bertz CT molecular complexity index is 261. The van der Waals surface area contributed by atoms with Gasteiger partial charge in [-0.1, -0.05) is 0 Å². The van der Waals surface area contributed by atoms with Gasteiger partial charge in [0.05, 0.1) is 12.5 Å². The van der Waals surface area contributed by atoms with Gasteiger partial charge in [-0.05, 0) is 25.7 Å². The van der Waals surface area contributed by atoms with Gasteiger partial charge in [-0.2, -0.15) is 0 Å². The van der Waals surface area contributed by atoms with Crippen molar-refractivity contribution in [1.29, 1.82) is 0 Å². The number of hydrogen-bond donors (Lipinski definition) is 1. The Balaban J connectivity index is 1.68. The molecule has 0 radical (unpaired) electrons. The lowest BCUT2D eigenvalue weighted by Crippen LogP contribution is -2.39. The molecule has 0 aromatic rings. The minimum Gasteiger partial charge on any atom is -0.378 e. The zero-order chi connectivity index (χ0) is 11.4. The molecular weight excluding hydrogens is 206 g/mol. The van der Waals surface area contributed by atoms with Crippen LogP contribution in [0.4, 0.5) is 0 Å². The second-order valence-electron chi connectivity index (χ2n) is 4.72. The molecule has 2 fully saturated rings. The molecule has 1 unspecified atom stereocenters. The molecule has 1 N–H and O–H groups in total. The largest absolute Gasteiger partial charge is 0.378 e. The molecule has 1 atom stereocenters. The zero-order valence-corrected chi connectivity index (χ0v) is 9.54. The molecule has 0 bridgehead atoms. The summed E-state index contributed by atoms with van der Waals surface area (Å²) < 4.78 is 5.41. The van der Waals surface area contributed by atoms with Gasteiger partial charge >= 0.3 is 0 Å². The fourth-order valence-electron chi connectivity index (χ4n) is 2.38. The summed E-state index contributed by atoms with van der Waals surface area (Å²) in [5.41, 5.74) is 0. The summed E-state index contributed by atoms with van der Waals surface area (Å²) in [7, 11) is 0. The number of amides is 1. The van der Waals surface area contributed by atoms with Crippen LogP contribution in [0, 0.1) is 0 Å². The van der Waals surface area contributed by atoms with Crippen LogP contribution in [0.15, 0.2) is 0 Å². The number of ether oxygens (including phenoxy) is 1. The van der Waals surface area contributed by atoms with Crippen molar-refractivity contribution >= 4 is 11.7 Å². The third kappa shape index (κ3) is 3.30. The Kier molecular flexibility index (Phi) is 3.93. The van der Waals surface area contributed by atoms with Crippen molar-refractivity contribution in [1.82, 2.24) is 5.32 Å². The van der Waals surface area contributed by atoms with Crippen molar-refractivity contribution in [3.05, 3.63) is 0 Å². The first kappa shape index (κ1) is 11.6. The minimum atomic E-state index is 0.0752. The average Bonchev–Trinajstić information content (AvgIpc) is 2.74. The van der Waals surface area contributed by atoms with E-state index in [1.54, 1.807) is 0 Å². The first-order valence-corrected chi connectivity index (χ1v) is 6.16. The van der Waals surface area contributed by atoms with Crippen LogP contribution >= 0.6 is 0 Å². The van der Waals surface area contributed by atoms with Crippen molar-refractivity contribution in [2.45, 2.75) is 57.1 Å². The van der Waals surface area contributed by atoms with Crippen molar-refractivity contribution in [2.24, 2.45) is 0 Å². The molecule has 1 aliphatic heterocycles. The van der Waals surface area contributed by atoms with E-state index >= 15 is 0 Å². The highest BCUT2D eigenvalue weighted by molar-refractivity contribution is 5.80. The smallest absolute Gasteiger partial charge is 0.222 e. The molecule has 0 aromatic heterocycles. The summed E-state index contributed by atoms with van der Waals surface area (Å²) in [6.45, 7) is 0.788. The molecule has 0 spiro atoms. The summed E-state index contributed by atoms with van der Waals surface area (Å²) in [4.78, 5) is 22.7. The van der Waals surface area contributed by atoms with Crippen molar-refractivity contribution < 1.29 is 14.3 Å². The van der Waals surface area contributed by atoms with Gasteiger partial charge in [-0.3, -0.25) is 9.59 Å². The van der Waals surface area contributed by atoms with Gasteiger partial charge in [0.15, 0.2) is 0 Å². The lowest BCUT2D eigenvalue weighted by molar-refractivity contribution is -0.126. The fraction of sp³-hybridized carbons (Fsp3) is 0.833. The molecule has 0 aromatic carbocycles. The molecule has 4 nitrogen and oxygen atoms in total. The third-order valence-corrected chi connectivity index (χ3v) is 3.35. The lowest BCUT2D eigenvalue weighted by Gasteiger charge is -2.22. The molecule has 1 saturated carbocycles. The number of ketones is 1. The molecule has 1 aliphatic carbocycles. The topological polar surface area (TPSA) is 55.4 Å². The van der Waals surface area contributed by atoms with Gasteiger partial charge in [-0.15, -0.1) is 0 Å². The van der Waals surface area contributed by atoms with Gasteiger partial charge in [-0.25, -0.2) is 0 Å². The van der Waals surface area contributed by atoms with Crippen molar-refractivity contribution in [3.63, 3.8) is 0 Å². The van der Waals surface area contributed by atoms with Crippen LogP contribution in [0.2, 0.25) is 0 Å². The quantitative estimate of drug-likeness (QED) is 0.784. The van der Waals surface area contributed by atoms with Crippen LogP contribution in [-0.4, -0.2) is 30.4 Å². The van der Waals surface area contributed by atoms with E-state index in [1.807, 2.05) is 0 Å². The molecule has 16 heavy (non-hydrogen) atoms. The summed E-state index contributed by atoms with van der Waals surface area (Å²) in [5, 5.41) is 3.00. The van der Waals surface area contributed by atoms with Gasteiger partial charge in [0, 0.05) is 25.5 Å². The van der Waals surface area contributed by atoms with E-state index in [9.17, 15) is 9.59 Å². The van der Waals surface area contributed by atoms with E-state index in [-0.39, 0.29) is 18.1 Å².